The van der Waals surface area contributed by atoms with Crippen LogP contribution in [0.25, 0.3) is 0 Å². The molecule has 0 aromatic carbocycles. The molecule has 0 aliphatic rings. The zero-order chi connectivity index (χ0) is 6.85. The second-order valence-corrected chi connectivity index (χ2v) is 2.04. The Morgan fingerprint density at radius 2 is 2.11 bits per heavy atom. The lowest BCUT2D eigenvalue weighted by Crippen LogP contribution is -1.79. The van der Waals surface area contributed by atoms with Crippen LogP contribution >= 0.6 is 0 Å². The molecule has 49 valence electrons. The van der Waals surface area contributed by atoms with Crippen molar-refractivity contribution in [2.75, 3.05) is 0 Å². The summed E-state index contributed by atoms with van der Waals surface area (Å²) >= 11 is 0. The molecular weight excluding hydrogens is 114 g/mol. The molecule has 0 saturated heterocycles. The summed E-state index contributed by atoms with van der Waals surface area (Å²) in [5, 5.41) is 3.80. The number of aromatic nitrogens is 1. The van der Waals surface area contributed by atoms with Crippen LogP contribution in [0, 0.1) is 20.3 Å². The van der Waals surface area contributed by atoms with Gasteiger partial charge in [0.25, 0.3) is 0 Å². The molecule has 0 spiro atoms. The molecule has 1 aromatic heterocycles. The van der Waals surface area contributed by atoms with Gasteiger partial charge in [0, 0.05) is 12.0 Å². The zero-order valence-corrected chi connectivity index (χ0v) is 5.93. The predicted molar refractivity (Wildman–Crippen MR) is 35.1 cm³/mol. The van der Waals surface area contributed by atoms with Gasteiger partial charge in [-0.05, 0) is 13.8 Å². The first-order valence-corrected chi connectivity index (χ1v) is 2.98. The normalized spacial score (nSPS) is 10.1. The molecule has 0 aliphatic heterocycles. The van der Waals surface area contributed by atoms with Gasteiger partial charge in [-0.15, -0.1) is 0 Å². The fourth-order valence-corrected chi connectivity index (χ4v) is 0.704. The minimum Gasteiger partial charge on any atom is -0.361 e. The maximum Gasteiger partial charge on any atom is 0.136 e. The minimum atomic E-state index is 0.906. The number of rotatable bonds is 1. The highest BCUT2D eigenvalue weighted by molar-refractivity contribution is 5.24. The lowest BCUT2D eigenvalue weighted by atomic mass is 10.2. The average Bonchev–Trinajstić information content (AvgIpc) is 2.15. The summed E-state index contributed by atoms with van der Waals surface area (Å²) in [5.41, 5.74) is 2.09. The molecule has 1 aromatic rings. The van der Waals surface area contributed by atoms with E-state index in [1.54, 1.807) is 0 Å². The van der Waals surface area contributed by atoms with Gasteiger partial charge in [0.05, 0.1) is 5.69 Å². The van der Waals surface area contributed by atoms with Crippen LogP contribution in [0.2, 0.25) is 0 Å². The maximum absolute atomic E-state index is 4.90. The summed E-state index contributed by atoms with van der Waals surface area (Å²) in [6.45, 7) is 5.86. The number of hydrogen-bond acceptors (Lipinski definition) is 2. The molecule has 0 N–H and O–H groups in total. The van der Waals surface area contributed by atoms with Gasteiger partial charge in [-0.25, -0.2) is 0 Å². The van der Waals surface area contributed by atoms with Crippen molar-refractivity contribution in [1.82, 2.24) is 5.16 Å². The summed E-state index contributed by atoms with van der Waals surface area (Å²) in [4.78, 5) is 0. The minimum absolute atomic E-state index is 0.906. The van der Waals surface area contributed by atoms with Crippen LogP contribution in [0.1, 0.15) is 23.9 Å². The van der Waals surface area contributed by atoms with Crippen molar-refractivity contribution in [3.8, 4) is 0 Å². The van der Waals surface area contributed by atoms with Crippen LogP contribution in [0.5, 0.6) is 0 Å². The van der Waals surface area contributed by atoms with Crippen LogP contribution in [0.15, 0.2) is 4.52 Å². The molecule has 0 fully saturated rings. The van der Waals surface area contributed by atoms with Crippen LogP contribution in [-0.2, 0) is 0 Å². The van der Waals surface area contributed by atoms with Gasteiger partial charge in [-0.2, -0.15) is 0 Å². The van der Waals surface area contributed by atoms with Crippen molar-refractivity contribution >= 4 is 0 Å². The van der Waals surface area contributed by atoms with E-state index >= 15 is 0 Å². The lowest BCUT2D eigenvalue weighted by molar-refractivity contribution is 0.393. The average molecular weight is 124 g/mol. The highest BCUT2D eigenvalue weighted by atomic mass is 16.5. The first-order chi connectivity index (χ1) is 4.25. The summed E-state index contributed by atoms with van der Waals surface area (Å²) < 4.78 is 4.90. The van der Waals surface area contributed by atoms with Gasteiger partial charge in [-0.3, -0.25) is 0 Å². The molecule has 0 saturated carbocycles. The van der Waals surface area contributed by atoms with Crippen LogP contribution < -0.4 is 0 Å². The molecule has 0 atom stereocenters. The highest BCUT2D eigenvalue weighted by Gasteiger charge is 2.03. The molecule has 0 bridgehead atoms. The third-order valence-electron chi connectivity index (χ3n) is 1.47. The molecule has 2 heteroatoms. The standard InChI is InChI=1S/C7H10NO/c1-4-7-5(2)6(3)9-8-7/h4H,1-3H3. The smallest absolute Gasteiger partial charge is 0.136 e. The third-order valence-corrected chi connectivity index (χ3v) is 1.47. The molecule has 0 unspecified atom stereocenters. The van der Waals surface area contributed by atoms with Gasteiger partial charge in [0.15, 0.2) is 0 Å². The summed E-state index contributed by atoms with van der Waals surface area (Å²) in [5.74, 6) is 0.906. The largest absolute Gasteiger partial charge is 0.361 e. The van der Waals surface area contributed by atoms with E-state index in [-0.39, 0.29) is 0 Å². The Bertz CT molecular complexity index is 203. The van der Waals surface area contributed by atoms with E-state index in [9.17, 15) is 0 Å². The van der Waals surface area contributed by atoms with Gasteiger partial charge < -0.3 is 4.52 Å². The van der Waals surface area contributed by atoms with Gasteiger partial charge in [0.2, 0.25) is 0 Å². The van der Waals surface area contributed by atoms with Crippen molar-refractivity contribution < 1.29 is 4.52 Å². The van der Waals surface area contributed by atoms with E-state index in [1.807, 2.05) is 27.2 Å². The quantitative estimate of drug-likeness (QED) is 0.571. The summed E-state index contributed by atoms with van der Waals surface area (Å²) in [6, 6.07) is 0. The van der Waals surface area contributed by atoms with E-state index in [4.69, 9.17) is 4.52 Å². The molecular formula is C7H10NO. The Morgan fingerprint density at radius 1 is 1.44 bits per heavy atom. The van der Waals surface area contributed by atoms with E-state index in [2.05, 4.69) is 5.16 Å². The molecule has 1 rings (SSSR count). The van der Waals surface area contributed by atoms with E-state index in [0.717, 1.165) is 17.0 Å². The predicted octanol–water partition coefficient (Wildman–Crippen LogP) is 1.86. The van der Waals surface area contributed by atoms with Crippen molar-refractivity contribution in [3.05, 3.63) is 23.4 Å². The van der Waals surface area contributed by atoms with Crippen molar-refractivity contribution in [2.24, 2.45) is 0 Å². The number of aryl methyl sites for hydroxylation is 1. The molecule has 0 aliphatic carbocycles. The number of hydrogen-bond donors (Lipinski definition) is 0. The molecule has 1 heterocycles. The Hall–Kier alpha value is -0.790. The molecule has 2 nitrogen and oxygen atoms in total. The van der Waals surface area contributed by atoms with E-state index < -0.39 is 0 Å². The third kappa shape index (κ3) is 0.969. The lowest BCUT2D eigenvalue weighted by Gasteiger charge is -1.85. The molecule has 0 amide bonds. The van der Waals surface area contributed by atoms with E-state index in [0.29, 0.717) is 0 Å². The molecule has 9 heavy (non-hydrogen) atoms. The fourth-order valence-electron chi connectivity index (χ4n) is 0.704. The molecule has 1 radical (unpaired) electrons. The Balaban J connectivity index is 3.04. The second kappa shape index (κ2) is 2.21. The van der Waals surface area contributed by atoms with Crippen molar-refractivity contribution in [1.29, 1.82) is 0 Å². The van der Waals surface area contributed by atoms with Crippen molar-refractivity contribution in [3.63, 3.8) is 0 Å². The van der Waals surface area contributed by atoms with Gasteiger partial charge >= 0.3 is 0 Å². The van der Waals surface area contributed by atoms with Crippen molar-refractivity contribution in [2.45, 2.75) is 20.8 Å². The Morgan fingerprint density at radius 3 is 2.33 bits per heavy atom. The SMILES string of the molecule is C[CH]c1noc(C)c1C. The summed E-state index contributed by atoms with van der Waals surface area (Å²) in [6.07, 6.45) is 1.94. The zero-order valence-electron chi connectivity index (χ0n) is 5.93. The van der Waals surface area contributed by atoms with Gasteiger partial charge in [0.1, 0.15) is 5.76 Å². The monoisotopic (exact) mass is 124 g/mol. The van der Waals surface area contributed by atoms with Crippen LogP contribution in [0.3, 0.4) is 0 Å². The Labute approximate surface area is 54.9 Å². The number of nitrogens with zero attached hydrogens (tertiary/aromatic N) is 1. The van der Waals surface area contributed by atoms with Crippen LogP contribution in [-0.4, -0.2) is 5.16 Å². The Kier molecular flexibility index (Phi) is 1.56. The highest BCUT2D eigenvalue weighted by Crippen LogP contribution is 2.11. The van der Waals surface area contributed by atoms with Crippen LogP contribution in [0.4, 0.5) is 0 Å². The maximum atomic E-state index is 4.90. The first kappa shape index (κ1) is 6.33. The fraction of sp³-hybridized carbons (Fsp3) is 0.429. The van der Waals surface area contributed by atoms with Gasteiger partial charge in [-0.1, -0.05) is 12.1 Å². The summed E-state index contributed by atoms with van der Waals surface area (Å²) in [7, 11) is 0. The second-order valence-electron chi connectivity index (χ2n) is 2.04. The first-order valence-electron chi connectivity index (χ1n) is 2.98. The topological polar surface area (TPSA) is 26.0 Å². The van der Waals surface area contributed by atoms with E-state index in [1.165, 1.54) is 0 Å².